The van der Waals surface area contributed by atoms with Crippen LogP contribution < -0.4 is 4.74 Å². The monoisotopic (exact) mass is 376 g/mol. The Hall–Kier alpha value is -2.16. The summed E-state index contributed by atoms with van der Waals surface area (Å²) in [6.45, 7) is 1.73. The van der Waals surface area contributed by atoms with Gasteiger partial charge in [0.1, 0.15) is 4.60 Å². The number of rotatable bonds is 3. The number of aromatic nitrogens is 1. The van der Waals surface area contributed by atoms with Crippen LogP contribution in [0.15, 0.2) is 34.9 Å². The summed E-state index contributed by atoms with van der Waals surface area (Å²) in [5.41, 5.74) is -1.21. The zero-order chi connectivity index (χ0) is 16.5. The molecule has 9 heteroatoms. The molecule has 0 aliphatic rings. The second kappa shape index (κ2) is 5.91. The molecule has 22 heavy (non-hydrogen) atoms. The van der Waals surface area contributed by atoms with E-state index in [4.69, 9.17) is 4.74 Å². The first-order chi connectivity index (χ1) is 10.2. The van der Waals surface area contributed by atoms with Gasteiger partial charge in [-0.25, -0.2) is 4.98 Å². The Bertz CT molecular complexity index is 735. The van der Waals surface area contributed by atoms with E-state index in [1.807, 2.05) is 0 Å². The number of nitro benzene ring substituents is 1. The van der Waals surface area contributed by atoms with Crippen molar-refractivity contribution in [3.05, 3.63) is 56.3 Å². The number of hydrogen-bond acceptors (Lipinski definition) is 4. The van der Waals surface area contributed by atoms with Gasteiger partial charge in [-0.3, -0.25) is 10.1 Å². The summed E-state index contributed by atoms with van der Waals surface area (Å²) >= 11 is 3.13. The molecule has 0 amide bonds. The largest absolute Gasteiger partial charge is 0.447 e. The van der Waals surface area contributed by atoms with E-state index in [9.17, 15) is 23.3 Å². The van der Waals surface area contributed by atoms with Gasteiger partial charge in [0.15, 0.2) is 5.75 Å². The molecule has 0 atom stereocenters. The molecule has 0 unspecified atom stereocenters. The zero-order valence-electron chi connectivity index (χ0n) is 11.0. The maximum atomic E-state index is 12.6. The van der Waals surface area contributed by atoms with E-state index in [-0.39, 0.29) is 11.5 Å². The molecule has 0 N–H and O–H groups in total. The Kier molecular flexibility index (Phi) is 4.36. The van der Waals surface area contributed by atoms with Gasteiger partial charge in [0.05, 0.1) is 10.5 Å². The molecule has 2 aromatic rings. The van der Waals surface area contributed by atoms with Crippen molar-refractivity contribution < 1.29 is 22.8 Å². The van der Waals surface area contributed by atoms with E-state index in [0.29, 0.717) is 16.4 Å². The average Bonchev–Trinajstić information content (AvgIpc) is 2.40. The Balaban J connectivity index is 2.44. The quantitative estimate of drug-likeness (QED) is 0.435. The third-order valence-electron chi connectivity index (χ3n) is 2.66. The van der Waals surface area contributed by atoms with Gasteiger partial charge in [0, 0.05) is 11.8 Å². The second-order valence-electron chi connectivity index (χ2n) is 4.28. The highest BCUT2D eigenvalue weighted by molar-refractivity contribution is 9.10. The van der Waals surface area contributed by atoms with Crippen molar-refractivity contribution >= 4 is 21.6 Å². The number of benzene rings is 1. The predicted molar refractivity (Wildman–Crippen MR) is 74.8 cm³/mol. The Morgan fingerprint density at radius 1 is 1.23 bits per heavy atom. The third kappa shape index (κ3) is 3.53. The standard InChI is InChI=1S/C13H8BrF3N2O3/c1-7-2-4-11(12(14)18-7)22-10-5-3-8(13(15,16)17)6-9(10)19(20)21/h2-6H,1H3. The van der Waals surface area contributed by atoms with Gasteiger partial charge in [-0.15, -0.1) is 0 Å². The van der Waals surface area contributed by atoms with Crippen molar-refractivity contribution in [2.75, 3.05) is 0 Å². The molecule has 1 heterocycles. The Morgan fingerprint density at radius 3 is 2.41 bits per heavy atom. The first kappa shape index (κ1) is 16.2. The molecule has 0 bridgehead atoms. The number of nitrogens with zero attached hydrogens (tertiary/aromatic N) is 2. The highest BCUT2D eigenvalue weighted by atomic mass is 79.9. The molecule has 0 radical (unpaired) electrons. The number of ether oxygens (including phenoxy) is 1. The maximum Gasteiger partial charge on any atom is 0.416 e. The number of aryl methyl sites for hydroxylation is 1. The molecule has 0 aliphatic carbocycles. The summed E-state index contributed by atoms with van der Waals surface area (Å²) < 4.78 is 43.5. The second-order valence-corrected chi connectivity index (χ2v) is 5.03. The van der Waals surface area contributed by atoms with E-state index in [1.54, 1.807) is 13.0 Å². The summed E-state index contributed by atoms with van der Waals surface area (Å²) in [6, 6.07) is 5.18. The van der Waals surface area contributed by atoms with Crippen LogP contribution in [0.3, 0.4) is 0 Å². The van der Waals surface area contributed by atoms with Crippen LogP contribution in [0.5, 0.6) is 11.5 Å². The molecule has 0 saturated carbocycles. The molecular formula is C13H8BrF3N2O3. The fourth-order valence-electron chi connectivity index (χ4n) is 1.63. The van der Waals surface area contributed by atoms with Crippen LogP contribution in [0.4, 0.5) is 18.9 Å². The zero-order valence-corrected chi connectivity index (χ0v) is 12.6. The first-order valence-electron chi connectivity index (χ1n) is 5.85. The smallest absolute Gasteiger partial charge is 0.416 e. The van der Waals surface area contributed by atoms with E-state index < -0.39 is 22.4 Å². The van der Waals surface area contributed by atoms with Crippen molar-refractivity contribution in [2.45, 2.75) is 13.1 Å². The first-order valence-corrected chi connectivity index (χ1v) is 6.64. The SMILES string of the molecule is Cc1ccc(Oc2ccc(C(F)(F)F)cc2[N+](=O)[O-])c(Br)n1. The van der Waals surface area contributed by atoms with Crippen molar-refractivity contribution in [3.8, 4) is 11.5 Å². The summed E-state index contributed by atoms with van der Waals surface area (Å²) in [5.74, 6) is -0.141. The number of hydrogen-bond donors (Lipinski definition) is 0. The average molecular weight is 377 g/mol. The summed E-state index contributed by atoms with van der Waals surface area (Å²) in [7, 11) is 0. The number of alkyl halides is 3. The Labute approximate surface area is 131 Å². The summed E-state index contributed by atoms with van der Waals surface area (Å²) in [4.78, 5) is 14.1. The van der Waals surface area contributed by atoms with E-state index in [2.05, 4.69) is 20.9 Å². The molecule has 116 valence electrons. The van der Waals surface area contributed by atoms with Crippen LogP contribution in [-0.4, -0.2) is 9.91 Å². The molecule has 1 aromatic heterocycles. The highest BCUT2D eigenvalue weighted by Crippen LogP contribution is 2.38. The lowest BCUT2D eigenvalue weighted by Crippen LogP contribution is -2.06. The molecule has 5 nitrogen and oxygen atoms in total. The predicted octanol–water partition coefficient (Wildman–Crippen LogP) is 4.87. The molecule has 0 fully saturated rings. The molecule has 0 saturated heterocycles. The van der Waals surface area contributed by atoms with Gasteiger partial charge >= 0.3 is 11.9 Å². The fourth-order valence-corrected chi connectivity index (χ4v) is 2.12. The minimum absolute atomic E-state index is 0.161. The van der Waals surface area contributed by atoms with Gasteiger partial charge in [-0.1, -0.05) is 0 Å². The third-order valence-corrected chi connectivity index (χ3v) is 3.22. The van der Waals surface area contributed by atoms with Gasteiger partial charge < -0.3 is 4.74 Å². The maximum absolute atomic E-state index is 12.6. The van der Waals surface area contributed by atoms with Gasteiger partial charge in [0.25, 0.3) is 0 Å². The molecule has 2 rings (SSSR count). The van der Waals surface area contributed by atoms with Gasteiger partial charge in [-0.2, -0.15) is 13.2 Å². The van der Waals surface area contributed by atoms with Crippen LogP contribution in [-0.2, 0) is 6.18 Å². The number of pyridine rings is 1. The van der Waals surface area contributed by atoms with E-state index >= 15 is 0 Å². The van der Waals surface area contributed by atoms with Crippen LogP contribution in [0, 0.1) is 17.0 Å². The minimum atomic E-state index is -4.67. The van der Waals surface area contributed by atoms with E-state index in [1.165, 1.54) is 6.07 Å². The van der Waals surface area contributed by atoms with Crippen molar-refractivity contribution in [2.24, 2.45) is 0 Å². The minimum Gasteiger partial charge on any atom is -0.447 e. The van der Waals surface area contributed by atoms with Crippen molar-refractivity contribution in [1.82, 2.24) is 4.98 Å². The van der Waals surface area contributed by atoms with Crippen molar-refractivity contribution in [1.29, 1.82) is 0 Å². The highest BCUT2D eigenvalue weighted by Gasteiger charge is 2.33. The Morgan fingerprint density at radius 2 is 1.86 bits per heavy atom. The lowest BCUT2D eigenvalue weighted by atomic mass is 10.2. The van der Waals surface area contributed by atoms with Crippen LogP contribution in [0.1, 0.15) is 11.3 Å². The molecule has 1 aromatic carbocycles. The lowest BCUT2D eigenvalue weighted by molar-refractivity contribution is -0.385. The lowest BCUT2D eigenvalue weighted by Gasteiger charge is -2.10. The topological polar surface area (TPSA) is 65.3 Å². The van der Waals surface area contributed by atoms with Gasteiger partial charge in [-0.05, 0) is 47.1 Å². The normalized spacial score (nSPS) is 11.3. The number of nitro groups is 1. The molecular weight excluding hydrogens is 369 g/mol. The van der Waals surface area contributed by atoms with E-state index in [0.717, 1.165) is 12.1 Å². The molecule has 0 spiro atoms. The fraction of sp³-hybridized carbons (Fsp3) is 0.154. The van der Waals surface area contributed by atoms with Gasteiger partial charge in [0.2, 0.25) is 5.75 Å². The van der Waals surface area contributed by atoms with Crippen LogP contribution in [0.2, 0.25) is 0 Å². The summed E-state index contributed by atoms with van der Waals surface area (Å²) in [6.07, 6.45) is -4.67. The molecule has 0 aliphatic heterocycles. The summed E-state index contributed by atoms with van der Waals surface area (Å²) in [5, 5.41) is 11.0. The van der Waals surface area contributed by atoms with Crippen LogP contribution >= 0.6 is 15.9 Å². The van der Waals surface area contributed by atoms with Crippen molar-refractivity contribution in [3.63, 3.8) is 0 Å². The van der Waals surface area contributed by atoms with Crippen LogP contribution in [0.25, 0.3) is 0 Å². The number of halogens is 4.